The number of piperazine rings is 1. The minimum atomic E-state index is -0.426. The molecule has 1 amide bonds. The number of hydrogen-bond donors (Lipinski definition) is 1. The Bertz CT molecular complexity index is 736. The van der Waals surface area contributed by atoms with E-state index in [1.54, 1.807) is 19.2 Å². The fourth-order valence-corrected chi connectivity index (χ4v) is 5.32. The Morgan fingerprint density at radius 1 is 1.19 bits per heavy atom. The molecule has 3 rings (SSSR count). The lowest BCUT2D eigenvalue weighted by atomic mass is 9.77. The van der Waals surface area contributed by atoms with Gasteiger partial charge < -0.3 is 15.4 Å². The number of methoxy groups -OCH3 is 1. The molecular formula is C23H34Cl2FN3O2. The molecule has 0 bridgehead atoms. The van der Waals surface area contributed by atoms with Crippen LogP contribution in [0.4, 0.5) is 10.1 Å². The van der Waals surface area contributed by atoms with Crippen molar-refractivity contribution >= 4 is 34.8 Å². The topological polar surface area (TPSA) is 58.8 Å². The average molecular weight is 474 g/mol. The van der Waals surface area contributed by atoms with Gasteiger partial charge in [-0.05, 0) is 56.2 Å². The first-order chi connectivity index (χ1) is 14.9. The fraction of sp³-hybridized carbons (Fsp3) is 0.696. The molecule has 31 heavy (non-hydrogen) atoms. The molecule has 1 saturated carbocycles. The number of nitrogens with zero attached hydrogens (tertiary/aromatic N) is 2. The van der Waals surface area contributed by atoms with Crippen LogP contribution in [0.3, 0.4) is 0 Å². The van der Waals surface area contributed by atoms with Gasteiger partial charge >= 0.3 is 0 Å². The van der Waals surface area contributed by atoms with Crippen LogP contribution in [0.5, 0.6) is 0 Å². The minimum absolute atomic E-state index is 0.00235. The second kappa shape index (κ2) is 11.7. The monoisotopic (exact) mass is 473 g/mol. The van der Waals surface area contributed by atoms with Crippen LogP contribution in [0.15, 0.2) is 12.1 Å². The van der Waals surface area contributed by atoms with Gasteiger partial charge in [0.1, 0.15) is 0 Å². The Morgan fingerprint density at radius 2 is 1.87 bits per heavy atom. The van der Waals surface area contributed by atoms with Crippen molar-refractivity contribution in [1.29, 1.82) is 0 Å². The molecule has 2 aliphatic rings. The number of carbonyl (C=O) groups is 1. The van der Waals surface area contributed by atoms with Crippen LogP contribution in [0.1, 0.15) is 44.9 Å². The van der Waals surface area contributed by atoms with Crippen molar-refractivity contribution in [2.24, 2.45) is 17.6 Å². The predicted molar refractivity (Wildman–Crippen MR) is 124 cm³/mol. The zero-order chi connectivity index (χ0) is 22.4. The highest BCUT2D eigenvalue weighted by Crippen LogP contribution is 2.35. The van der Waals surface area contributed by atoms with E-state index in [9.17, 15) is 9.18 Å². The second-order valence-electron chi connectivity index (χ2n) is 8.87. The summed E-state index contributed by atoms with van der Waals surface area (Å²) >= 11 is 11.9. The number of benzene rings is 1. The first-order valence-electron chi connectivity index (χ1n) is 11.3. The molecule has 1 atom stereocenters. The lowest BCUT2D eigenvalue weighted by molar-refractivity contribution is -0.119. The molecule has 1 heterocycles. The van der Waals surface area contributed by atoms with Gasteiger partial charge in [0, 0.05) is 39.7 Å². The van der Waals surface area contributed by atoms with E-state index in [2.05, 4.69) is 9.80 Å². The summed E-state index contributed by atoms with van der Waals surface area (Å²) in [6, 6.07) is 3.38. The first kappa shape index (κ1) is 24.6. The molecule has 174 valence electrons. The van der Waals surface area contributed by atoms with Crippen molar-refractivity contribution in [3.05, 3.63) is 28.0 Å². The van der Waals surface area contributed by atoms with E-state index >= 15 is 0 Å². The number of nitrogens with two attached hydrogens (primary N) is 1. The molecule has 1 aliphatic heterocycles. The normalized spacial score (nSPS) is 23.7. The van der Waals surface area contributed by atoms with E-state index in [4.69, 9.17) is 33.7 Å². The van der Waals surface area contributed by atoms with Crippen LogP contribution in [0.25, 0.3) is 0 Å². The van der Waals surface area contributed by atoms with Gasteiger partial charge in [-0.2, -0.15) is 0 Å². The maximum absolute atomic E-state index is 14.4. The maximum Gasteiger partial charge on any atom is 0.217 e. The zero-order valence-corrected chi connectivity index (χ0v) is 19.8. The van der Waals surface area contributed by atoms with Crippen molar-refractivity contribution in [1.82, 2.24) is 4.90 Å². The summed E-state index contributed by atoms with van der Waals surface area (Å²) in [6.07, 6.45) is 7.22. The molecule has 1 aliphatic carbocycles. The third kappa shape index (κ3) is 6.70. The molecule has 1 unspecified atom stereocenters. The van der Waals surface area contributed by atoms with E-state index in [1.165, 1.54) is 19.3 Å². The molecule has 0 radical (unpaired) electrons. The Kier molecular flexibility index (Phi) is 9.26. The summed E-state index contributed by atoms with van der Waals surface area (Å²) in [4.78, 5) is 15.6. The second-order valence-corrected chi connectivity index (χ2v) is 9.66. The number of amides is 1. The quantitative estimate of drug-likeness (QED) is 0.526. The van der Waals surface area contributed by atoms with Crippen LogP contribution in [-0.2, 0) is 9.53 Å². The van der Waals surface area contributed by atoms with E-state index < -0.39 is 5.82 Å². The molecule has 5 nitrogen and oxygen atoms in total. The molecule has 1 aromatic rings. The molecule has 0 spiro atoms. The zero-order valence-electron chi connectivity index (χ0n) is 18.3. The van der Waals surface area contributed by atoms with Gasteiger partial charge in [0.2, 0.25) is 5.91 Å². The molecule has 1 aromatic carbocycles. The summed E-state index contributed by atoms with van der Waals surface area (Å²) in [5.41, 5.74) is 5.83. The van der Waals surface area contributed by atoms with Crippen molar-refractivity contribution < 1.29 is 13.9 Å². The molecule has 1 saturated heterocycles. The number of ether oxygens (including phenoxy) is 1. The van der Waals surface area contributed by atoms with Gasteiger partial charge in [-0.1, -0.05) is 36.0 Å². The minimum Gasteiger partial charge on any atom is -0.381 e. The molecule has 0 aromatic heterocycles. The first-order valence-corrected chi connectivity index (χ1v) is 12.1. The maximum atomic E-state index is 14.4. The highest BCUT2D eigenvalue weighted by atomic mass is 35.5. The van der Waals surface area contributed by atoms with E-state index in [0.717, 1.165) is 57.9 Å². The van der Waals surface area contributed by atoms with Crippen LogP contribution in [0.2, 0.25) is 10.0 Å². The van der Waals surface area contributed by atoms with Gasteiger partial charge in [0.25, 0.3) is 0 Å². The Balaban J connectivity index is 1.38. The third-order valence-corrected chi connectivity index (χ3v) is 7.76. The standard InChI is InChI=1S/C23H34Cl2FN3O2/c1-31-20(8-9-21(27)30)17-4-2-16(3-5-17)10-11-28-12-14-29(15-13-28)19-7-6-18(24)22(25)23(19)26/h6-7,16-17,20H,2-5,8-15H2,1H3,(H2,27,30). The highest BCUT2D eigenvalue weighted by molar-refractivity contribution is 6.42. The Hall–Kier alpha value is -1.08. The number of halogens is 3. The third-order valence-electron chi connectivity index (χ3n) is 6.98. The summed E-state index contributed by atoms with van der Waals surface area (Å²) in [7, 11) is 1.74. The van der Waals surface area contributed by atoms with E-state index in [1.807, 2.05) is 0 Å². The number of anilines is 1. The number of hydrogen-bond acceptors (Lipinski definition) is 4. The Morgan fingerprint density at radius 3 is 2.48 bits per heavy atom. The number of carbonyl (C=O) groups excluding carboxylic acids is 1. The van der Waals surface area contributed by atoms with Crippen LogP contribution < -0.4 is 10.6 Å². The van der Waals surface area contributed by atoms with Gasteiger partial charge in [0.05, 0.1) is 21.8 Å². The van der Waals surface area contributed by atoms with E-state index in [-0.39, 0.29) is 22.1 Å². The largest absolute Gasteiger partial charge is 0.381 e. The summed E-state index contributed by atoms with van der Waals surface area (Å²) in [5, 5.41) is 0.253. The predicted octanol–water partition coefficient (Wildman–Crippen LogP) is 4.73. The van der Waals surface area contributed by atoms with Crippen molar-refractivity contribution in [3.63, 3.8) is 0 Å². The van der Waals surface area contributed by atoms with Gasteiger partial charge in [0.15, 0.2) is 5.82 Å². The van der Waals surface area contributed by atoms with Crippen molar-refractivity contribution in [3.8, 4) is 0 Å². The lowest BCUT2D eigenvalue weighted by Crippen LogP contribution is -2.47. The fourth-order valence-electron chi connectivity index (χ4n) is 5.02. The Labute approximate surface area is 195 Å². The highest BCUT2D eigenvalue weighted by Gasteiger charge is 2.28. The van der Waals surface area contributed by atoms with Crippen LogP contribution >= 0.6 is 23.2 Å². The summed E-state index contributed by atoms with van der Waals surface area (Å²) in [6.45, 7) is 4.51. The number of primary amides is 1. The molecule has 8 heteroatoms. The molecular weight excluding hydrogens is 440 g/mol. The van der Waals surface area contributed by atoms with Crippen molar-refractivity contribution in [2.45, 2.75) is 51.0 Å². The van der Waals surface area contributed by atoms with Gasteiger partial charge in [-0.25, -0.2) is 4.39 Å². The smallest absolute Gasteiger partial charge is 0.217 e. The summed E-state index contributed by atoms with van der Waals surface area (Å²) < 4.78 is 20.1. The van der Waals surface area contributed by atoms with E-state index in [0.29, 0.717) is 18.0 Å². The van der Waals surface area contributed by atoms with Crippen molar-refractivity contribution in [2.75, 3.05) is 44.7 Å². The SMILES string of the molecule is COC(CCC(N)=O)C1CCC(CCN2CCN(c3ccc(Cl)c(Cl)c3F)CC2)CC1. The number of rotatable bonds is 9. The lowest BCUT2D eigenvalue weighted by Gasteiger charge is -2.38. The molecule has 2 fully saturated rings. The summed E-state index contributed by atoms with van der Waals surface area (Å²) in [5.74, 6) is 0.600. The van der Waals surface area contributed by atoms with Gasteiger partial charge in [-0.15, -0.1) is 0 Å². The van der Waals surface area contributed by atoms with Crippen LogP contribution in [-0.4, -0.2) is 56.7 Å². The average Bonchev–Trinajstić information content (AvgIpc) is 2.78. The van der Waals surface area contributed by atoms with Crippen LogP contribution in [0, 0.1) is 17.7 Å². The van der Waals surface area contributed by atoms with Gasteiger partial charge in [-0.3, -0.25) is 9.69 Å². The molecule has 2 N–H and O–H groups in total.